The molecule has 0 spiro atoms. The Bertz CT molecular complexity index is 426. The Balaban J connectivity index is 2.20. The summed E-state index contributed by atoms with van der Waals surface area (Å²) in [5.74, 6) is 0.747. The smallest absolute Gasteiger partial charge is 0.259 e. The minimum atomic E-state index is -0.0537. The van der Waals surface area contributed by atoms with Gasteiger partial charge in [-0.15, -0.1) is 0 Å². The average molecular weight is 249 g/mol. The van der Waals surface area contributed by atoms with Crippen LogP contribution >= 0.6 is 0 Å². The third-order valence-corrected chi connectivity index (χ3v) is 3.17. The summed E-state index contributed by atoms with van der Waals surface area (Å²) in [5.41, 5.74) is 6.46. The number of methoxy groups -OCH3 is 1. The monoisotopic (exact) mass is 249 g/mol. The van der Waals surface area contributed by atoms with Gasteiger partial charge in [-0.1, -0.05) is 6.92 Å². The molecule has 1 aliphatic rings. The predicted octanol–water partition coefficient (Wildman–Crippen LogP) is 0.900. The van der Waals surface area contributed by atoms with Crippen molar-refractivity contribution in [2.24, 2.45) is 11.7 Å². The first-order valence-corrected chi connectivity index (χ1v) is 6.15. The van der Waals surface area contributed by atoms with Gasteiger partial charge in [0.2, 0.25) is 5.88 Å². The molecule has 1 aliphatic heterocycles. The lowest BCUT2D eigenvalue weighted by Gasteiger charge is -2.34. The molecular weight excluding hydrogens is 230 g/mol. The highest BCUT2D eigenvalue weighted by Crippen LogP contribution is 2.21. The number of likely N-dealkylation sites (tertiary alicyclic amines) is 1. The van der Waals surface area contributed by atoms with Crippen LogP contribution in [-0.4, -0.2) is 42.0 Å². The zero-order valence-corrected chi connectivity index (χ0v) is 10.8. The van der Waals surface area contributed by atoms with Crippen molar-refractivity contribution in [1.29, 1.82) is 0 Å². The third-order valence-electron chi connectivity index (χ3n) is 3.17. The van der Waals surface area contributed by atoms with E-state index in [2.05, 4.69) is 11.9 Å². The molecule has 1 saturated heterocycles. The van der Waals surface area contributed by atoms with Gasteiger partial charge in [-0.3, -0.25) is 4.79 Å². The number of amides is 1. The Hall–Kier alpha value is -1.62. The molecule has 2 atom stereocenters. The van der Waals surface area contributed by atoms with Gasteiger partial charge in [0.05, 0.1) is 7.11 Å². The number of ether oxygens (including phenoxy) is 1. The Morgan fingerprint density at radius 3 is 3.00 bits per heavy atom. The maximum Gasteiger partial charge on any atom is 0.259 e. The fraction of sp³-hybridized carbons (Fsp3) is 0.538. The van der Waals surface area contributed by atoms with Crippen LogP contribution < -0.4 is 10.5 Å². The van der Waals surface area contributed by atoms with E-state index in [1.165, 1.54) is 7.11 Å². The van der Waals surface area contributed by atoms with Crippen LogP contribution in [0.2, 0.25) is 0 Å². The Morgan fingerprint density at radius 1 is 1.56 bits per heavy atom. The van der Waals surface area contributed by atoms with Crippen LogP contribution in [0, 0.1) is 5.92 Å². The summed E-state index contributed by atoms with van der Waals surface area (Å²) < 4.78 is 5.12. The number of nitrogens with two attached hydrogens (primary N) is 1. The molecule has 5 nitrogen and oxygen atoms in total. The number of piperidine rings is 1. The number of carbonyl (C=O) groups is 1. The number of nitrogens with zero attached hydrogens (tertiary/aromatic N) is 2. The van der Waals surface area contributed by atoms with E-state index < -0.39 is 0 Å². The van der Waals surface area contributed by atoms with E-state index in [4.69, 9.17) is 10.5 Å². The Kier molecular flexibility index (Phi) is 3.81. The number of pyridine rings is 1. The predicted molar refractivity (Wildman–Crippen MR) is 68.4 cm³/mol. The zero-order valence-electron chi connectivity index (χ0n) is 10.8. The molecule has 2 heterocycles. The van der Waals surface area contributed by atoms with Gasteiger partial charge in [-0.05, 0) is 24.5 Å². The average Bonchev–Trinajstić information content (AvgIpc) is 2.36. The van der Waals surface area contributed by atoms with E-state index in [9.17, 15) is 4.79 Å². The molecule has 2 N–H and O–H groups in total. The molecule has 98 valence electrons. The minimum Gasteiger partial charge on any atom is -0.480 e. The van der Waals surface area contributed by atoms with Crippen molar-refractivity contribution in [2.75, 3.05) is 20.2 Å². The molecule has 1 aromatic rings. The number of carbonyl (C=O) groups excluding carboxylic acids is 1. The fourth-order valence-electron chi connectivity index (χ4n) is 2.45. The second-order valence-electron chi connectivity index (χ2n) is 4.87. The largest absolute Gasteiger partial charge is 0.480 e. The van der Waals surface area contributed by atoms with Crippen LogP contribution in [0.5, 0.6) is 5.88 Å². The molecule has 0 radical (unpaired) electrons. The summed E-state index contributed by atoms with van der Waals surface area (Å²) in [6.45, 7) is 3.45. The maximum absolute atomic E-state index is 12.4. The Morgan fingerprint density at radius 2 is 2.33 bits per heavy atom. The Labute approximate surface area is 107 Å². The summed E-state index contributed by atoms with van der Waals surface area (Å²) in [6.07, 6.45) is 2.58. The lowest BCUT2D eigenvalue weighted by atomic mass is 9.96. The molecule has 1 amide bonds. The van der Waals surface area contributed by atoms with Crippen LogP contribution in [0.1, 0.15) is 23.7 Å². The van der Waals surface area contributed by atoms with Crippen molar-refractivity contribution in [3.63, 3.8) is 0 Å². The first-order valence-electron chi connectivity index (χ1n) is 6.15. The van der Waals surface area contributed by atoms with Gasteiger partial charge in [-0.2, -0.15) is 0 Å². The lowest BCUT2D eigenvalue weighted by Crippen LogP contribution is -2.48. The summed E-state index contributed by atoms with van der Waals surface area (Å²) >= 11 is 0. The normalized spacial score (nSPS) is 23.8. The van der Waals surface area contributed by atoms with Gasteiger partial charge in [0, 0.05) is 25.3 Å². The van der Waals surface area contributed by atoms with Gasteiger partial charge in [0.1, 0.15) is 5.56 Å². The van der Waals surface area contributed by atoms with Gasteiger partial charge < -0.3 is 15.4 Å². The summed E-state index contributed by atoms with van der Waals surface area (Å²) in [4.78, 5) is 18.3. The maximum atomic E-state index is 12.4. The van der Waals surface area contributed by atoms with Crippen LogP contribution in [-0.2, 0) is 0 Å². The first kappa shape index (κ1) is 12.8. The van der Waals surface area contributed by atoms with E-state index in [-0.39, 0.29) is 11.9 Å². The van der Waals surface area contributed by atoms with Gasteiger partial charge in [0.25, 0.3) is 5.91 Å². The standard InChI is InChI=1S/C13H19N3O2/c1-9-6-10(14)8-16(7-9)13(17)11-4-3-5-15-12(11)18-2/h3-5,9-10H,6-8,14H2,1-2H3. The molecular formula is C13H19N3O2. The second kappa shape index (κ2) is 5.35. The van der Waals surface area contributed by atoms with E-state index in [1.54, 1.807) is 23.2 Å². The zero-order chi connectivity index (χ0) is 13.1. The molecule has 2 rings (SSSR count). The summed E-state index contributed by atoms with van der Waals surface area (Å²) in [5, 5.41) is 0. The molecule has 5 heteroatoms. The van der Waals surface area contributed by atoms with E-state index in [0.29, 0.717) is 23.9 Å². The molecule has 2 unspecified atom stereocenters. The van der Waals surface area contributed by atoms with Crippen molar-refractivity contribution >= 4 is 5.91 Å². The highest BCUT2D eigenvalue weighted by Gasteiger charge is 2.28. The van der Waals surface area contributed by atoms with E-state index in [1.807, 2.05) is 0 Å². The highest BCUT2D eigenvalue weighted by molar-refractivity contribution is 5.96. The second-order valence-corrected chi connectivity index (χ2v) is 4.87. The van der Waals surface area contributed by atoms with E-state index in [0.717, 1.165) is 13.0 Å². The van der Waals surface area contributed by atoms with Crippen molar-refractivity contribution in [3.05, 3.63) is 23.9 Å². The number of hydrogen-bond donors (Lipinski definition) is 1. The topological polar surface area (TPSA) is 68.5 Å². The lowest BCUT2D eigenvalue weighted by molar-refractivity contribution is 0.0657. The number of rotatable bonds is 2. The third kappa shape index (κ3) is 2.61. The van der Waals surface area contributed by atoms with E-state index >= 15 is 0 Å². The molecule has 0 bridgehead atoms. The van der Waals surface area contributed by atoms with Crippen molar-refractivity contribution in [3.8, 4) is 5.88 Å². The fourth-order valence-corrected chi connectivity index (χ4v) is 2.45. The van der Waals surface area contributed by atoms with Gasteiger partial charge >= 0.3 is 0 Å². The molecule has 0 aromatic carbocycles. The summed E-state index contributed by atoms with van der Waals surface area (Å²) in [7, 11) is 1.52. The van der Waals surface area contributed by atoms with Gasteiger partial charge in [-0.25, -0.2) is 4.98 Å². The minimum absolute atomic E-state index is 0.0537. The van der Waals surface area contributed by atoms with Crippen LogP contribution in [0.15, 0.2) is 18.3 Å². The SMILES string of the molecule is COc1ncccc1C(=O)N1CC(C)CC(N)C1. The highest BCUT2D eigenvalue weighted by atomic mass is 16.5. The van der Waals surface area contributed by atoms with Crippen molar-refractivity contribution < 1.29 is 9.53 Å². The first-order chi connectivity index (χ1) is 8.61. The van der Waals surface area contributed by atoms with Crippen molar-refractivity contribution in [1.82, 2.24) is 9.88 Å². The van der Waals surface area contributed by atoms with Crippen LogP contribution in [0.3, 0.4) is 0 Å². The molecule has 18 heavy (non-hydrogen) atoms. The van der Waals surface area contributed by atoms with Crippen LogP contribution in [0.4, 0.5) is 0 Å². The van der Waals surface area contributed by atoms with Crippen LogP contribution in [0.25, 0.3) is 0 Å². The molecule has 0 aliphatic carbocycles. The quantitative estimate of drug-likeness (QED) is 0.845. The molecule has 1 fully saturated rings. The van der Waals surface area contributed by atoms with Crippen molar-refractivity contribution in [2.45, 2.75) is 19.4 Å². The molecule has 1 aromatic heterocycles. The molecule has 0 saturated carbocycles. The number of aromatic nitrogens is 1. The number of hydrogen-bond acceptors (Lipinski definition) is 4. The van der Waals surface area contributed by atoms with Gasteiger partial charge in [0.15, 0.2) is 0 Å². The summed E-state index contributed by atoms with van der Waals surface area (Å²) in [6, 6.07) is 3.53.